The third kappa shape index (κ3) is 7.33. The summed E-state index contributed by atoms with van der Waals surface area (Å²) in [4.78, 5) is 15.4. The van der Waals surface area contributed by atoms with Gasteiger partial charge in [0.05, 0.1) is 11.2 Å². The van der Waals surface area contributed by atoms with E-state index in [0.29, 0.717) is 11.8 Å². The molecule has 11 heteroatoms. The van der Waals surface area contributed by atoms with Crippen molar-refractivity contribution >= 4 is 31.8 Å². The number of hydrogen-bond acceptors (Lipinski definition) is 5. The number of carbonyl (C=O) groups excluding carboxylic acids is 1. The second-order valence-corrected chi connectivity index (χ2v) is 9.16. The van der Waals surface area contributed by atoms with Crippen LogP contribution in [0.4, 0.5) is 0 Å². The Bertz CT molecular complexity index is 938. The summed E-state index contributed by atoms with van der Waals surface area (Å²) >= 11 is 0. The molecule has 1 amide bonds. The van der Waals surface area contributed by atoms with Crippen molar-refractivity contribution in [3.05, 3.63) is 41.5 Å². The Morgan fingerprint density at radius 3 is 2.19 bits per heavy atom. The van der Waals surface area contributed by atoms with Crippen LogP contribution in [-0.4, -0.2) is 45.8 Å². The molecule has 0 aliphatic heterocycles. The average Bonchev–Trinajstić information content (AvgIpc) is 2.97. The molecule has 1 aromatic rings. The fraction of sp³-hybridized carbons (Fsp3) is 0.333. The fourth-order valence-corrected chi connectivity index (χ4v) is 3.36. The van der Waals surface area contributed by atoms with Crippen LogP contribution in [0.15, 0.2) is 40.2 Å². The predicted molar refractivity (Wildman–Crippen MR) is 98.3 cm³/mol. The van der Waals surface area contributed by atoms with Gasteiger partial charge in [-0.25, -0.2) is 8.42 Å². The van der Waals surface area contributed by atoms with Crippen molar-refractivity contribution in [3.8, 4) is 0 Å². The predicted octanol–water partition coefficient (Wildman–Crippen LogP) is 0.441. The second kappa shape index (κ2) is 8.43. The third-order valence-electron chi connectivity index (χ3n) is 3.30. The molecule has 26 heavy (non-hydrogen) atoms. The van der Waals surface area contributed by atoms with Gasteiger partial charge in [-0.2, -0.15) is 13.4 Å². The van der Waals surface area contributed by atoms with E-state index in [1.807, 2.05) is 12.2 Å². The molecule has 0 fully saturated rings. The van der Waals surface area contributed by atoms with E-state index in [9.17, 15) is 21.6 Å². The largest absolute Gasteiger partial charge is 0.370 e. The third-order valence-corrected chi connectivity index (χ3v) is 4.46. The number of amides is 1. The van der Waals surface area contributed by atoms with Crippen LogP contribution in [0.1, 0.15) is 34.7 Å². The van der Waals surface area contributed by atoms with E-state index in [1.54, 1.807) is 12.1 Å². The first-order valence-electron chi connectivity index (χ1n) is 7.36. The number of carbonyl (C=O) groups is 1. The van der Waals surface area contributed by atoms with Gasteiger partial charge in [-0.05, 0) is 30.5 Å². The number of benzene rings is 1. The minimum absolute atomic E-state index is 0.0574. The second-order valence-electron chi connectivity index (χ2n) is 5.71. The summed E-state index contributed by atoms with van der Waals surface area (Å²) < 4.78 is 49.8. The Hall–Kier alpha value is -2.24. The van der Waals surface area contributed by atoms with Crippen LogP contribution in [0.5, 0.6) is 0 Å². The molecule has 1 atom stereocenters. The van der Waals surface area contributed by atoms with Gasteiger partial charge in [-0.3, -0.25) is 9.35 Å². The lowest BCUT2D eigenvalue weighted by Gasteiger charge is -2.14. The molecule has 0 spiro atoms. The van der Waals surface area contributed by atoms with E-state index in [2.05, 4.69) is 4.99 Å². The first kappa shape index (κ1) is 21.8. The topological polar surface area (TPSA) is 170 Å². The molecule has 1 aromatic carbocycles. The van der Waals surface area contributed by atoms with Crippen LogP contribution in [0.25, 0.3) is 0 Å². The normalized spacial score (nSPS) is 16.5. The summed E-state index contributed by atoms with van der Waals surface area (Å²) in [6, 6.07) is 4.54. The van der Waals surface area contributed by atoms with E-state index in [0.717, 1.165) is 19.1 Å². The molecule has 1 aliphatic carbocycles. The van der Waals surface area contributed by atoms with Crippen molar-refractivity contribution in [2.75, 3.05) is 12.5 Å². The lowest BCUT2D eigenvalue weighted by molar-refractivity contribution is 0.100. The molecular weight excluding hydrogens is 382 g/mol. The van der Waals surface area contributed by atoms with Gasteiger partial charge in [0.25, 0.3) is 16.0 Å². The van der Waals surface area contributed by atoms with E-state index in [-0.39, 0.29) is 22.3 Å². The monoisotopic (exact) mass is 403 g/mol. The van der Waals surface area contributed by atoms with Gasteiger partial charge in [0.15, 0.2) is 15.8 Å². The van der Waals surface area contributed by atoms with Crippen LogP contribution in [-0.2, 0) is 20.0 Å². The molecule has 1 unspecified atom stereocenters. The summed E-state index contributed by atoms with van der Waals surface area (Å²) in [5.74, 6) is -0.959. The number of allylic oxidation sites excluding steroid dienone is 2. The van der Waals surface area contributed by atoms with Crippen molar-refractivity contribution < 1.29 is 26.2 Å². The Morgan fingerprint density at radius 2 is 1.77 bits per heavy atom. The summed E-state index contributed by atoms with van der Waals surface area (Å²) in [5, 5.41) is 0. The van der Waals surface area contributed by atoms with E-state index >= 15 is 0 Å². The van der Waals surface area contributed by atoms with Gasteiger partial charge < -0.3 is 11.5 Å². The zero-order valence-corrected chi connectivity index (χ0v) is 15.9. The first-order valence-corrected chi connectivity index (χ1v) is 11.1. The number of guanidine groups is 1. The maximum atomic E-state index is 12.0. The Morgan fingerprint density at radius 1 is 1.19 bits per heavy atom. The van der Waals surface area contributed by atoms with Gasteiger partial charge in [0.1, 0.15) is 0 Å². The maximum Gasteiger partial charge on any atom is 0.280 e. The van der Waals surface area contributed by atoms with Crippen molar-refractivity contribution in [3.63, 3.8) is 0 Å². The van der Waals surface area contributed by atoms with E-state index in [1.165, 1.54) is 6.07 Å². The molecule has 0 bridgehead atoms. The summed E-state index contributed by atoms with van der Waals surface area (Å²) in [7, 11) is -7.12. The van der Waals surface area contributed by atoms with Gasteiger partial charge in [0, 0.05) is 17.7 Å². The Labute approximate surface area is 152 Å². The zero-order valence-electron chi connectivity index (χ0n) is 14.3. The minimum Gasteiger partial charge on any atom is -0.370 e. The van der Waals surface area contributed by atoms with Crippen LogP contribution < -0.4 is 11.5 Å². The van der Waals surface area contributed by atoms with Gasteiger partial charge >= 0.3 is 0 Å². The van der Waals surface area contributed by atoms with E-state index < -0.39 is 25.9 Å². The molecule has 0 radical (unpaired) electrons. The number of rotatable bonds is 3. The van der Waals surface area contributed by atoms with E-state index in [4.69, 9.17) is 16.0 Å². The minimum atomic E-state index is -3.67. The number of aliphatic imine (C=N–C) groups is 1. The van der Waals surface area contributed by atoms with Crippen molar-refractivity contribution in [2.24, 2.45) is 16.5 Å². The SMILES string of the molecule is CS(=O)(=O)O.CS(=O)(=O)c1cc(C(=O)N=C(N)N)ccc1C1C=CCC1. The molecule has 0 aromatic heterocycles. The molecule has 5 N–H and O–H groups in total. The molecule has 1 aliphatic rings. The number of nitrogens with two attached hydrogens (primary N) is 2. The van der Waals surface area contributed by atoms with Crippen molar-refractivity contribution in [2.45, 2.75) is 23.7 Å². The summed E-state index contributed by atoms with van der Waals surface area (Å²) in [6.45, 7) is 0. The average molecular weight is 403 g/mol. The highest BCUT2D eigenvalue weighted by Crippen LogP contribution is 2.33. The lowest BCUT2D eigenvalue weighted by Crippen LogP contribution is -2.24. The van der Waals surface area contributed by atoms with Crippen LogP contribution in [0.2, 0.25) is 0 Å². The molecule has 144 valence electrons. The van der Waals surface area contributed by atoms with Gasteiger partial charge in [0.2, 0.25) is 0 Å². The highest BCUT2D eigenvalue weighted by atomic mass is 32.2. The number of nitrogens with zero attached hydrogens (tertiary/aromatic N) is 1. The summed E-state index contributed by atoms with van der Waals surface area (Å²) in [5.41, 5.74) is 11.2. The molecule has 0 saturated heterocycles. The molecule has 0 saturated carbocycles. The standard InChI is InChI=1S/C14H17N3O3S.CH4O3S/c1-21(19,20)12-8-10(13(18)17-14(15)16)6-7-11(12)9-4-2-3-5-9;1-5(2,3)4/h2,4,6-9H,3,5H2,1H3,(H4,15,16,17,18);1H3,(H,2,3,4). The molecule has 9 nitrogen and oxygen atoms in total. The smallest absolute Gasteiger partial charge is 0.280 e. The number of hydrogen-bond donors (Lipinski definition) is 3. The van der Waals surface area contributed by atoms with Crippen molar-refractivity contribution in [1.82, 2.24) is 0 Å². The molecule has 2 rings (SSSR count). The molecular formula is C15H21N3O6S2. The number of sulfone groups is 1. The quantitative estimate of drug-likeness (QED) is 0.282. The highest BCUT2D eigenvalue weighted by Gasteiger charge is 2.22. The zero-order chi connectivity index (χ0) is 20.1. The van der Waals surface area contributed by atoms with Crippen LogP contribution >= 0.6 is 0 Å². The van der Waals surface area contributed by atoms with Crippen LogP contribution in [0, 0.1) is 0 Å². The molecule has 0 heterocycles. The lowest BCUT2D eigenvalue weighted by atomic mass is 9.97. The highest BCUT2D eigenvalue weighted by molar-refractivity contribution is 7.90. The first-order chi connectivity index (χ1) is 11.8. The Balaban J connectivity index is 0.000000597. The van der Waals surface area contributed by atoms with Gasteiger partial charge in [-0.15, -0.1) is 0 Å². The maximum absolute atomic E-state index is 12.0. The Kier molecular flexibility index (Phi) is 7.07. The fourth-order valence-electron chi connectivity index (χ4n) is 2.37. The van der Waals surface area contributed by atoms with Crippen molar-refractivity contribution in [1.29, 1.82) is 0 Å². The summed E-state index contributed by atoms with van der Waals surface area (Å²) in [6.07, 6.45) is 7.63. The van der Waals surface area contributed by atoms with Gasteiger partial charge in [-0.1, -0.05) is 18.2 Å². The van der Waals surface area contributed by atoms with Crippen LogP contribution in [0.3, 0.4) is 0 Å².